The van der Waals surface area contributed by atoms with Gasteiger partial charge in [-0.2, -0.15) is 10.2 Å². The lowest BCUT2D eigenvalue weighted by atomic mass is 9.96. The number of rotatable bonds is 5. The lowest BCUT2D eigenvalue weighted by Gasteiger charge is -2.22. The number of benzene rings is 4. The van der Waals surface area contributed by atoms with Crippen LogP contribution in [0.25, 0.3) is 16.9 Å². The number of hydrogen-bond donors (Lipinski definition) is 0. The summed E-state index contributed by atoms with van der Waals surface area (Å²) in [6.07, 6.45) is 2.62. The Kier molecular flexibility index (Phi) is 6.48. The normalized spacial score (nSPS) is 14.9. The number of amides is 1. The van der Waals surface area contributed by atoms with Crippen LogP contribution in [-0.4, -0.2) is 26.4 Å². The molecule has 1 amide bonds. The van der Waals surface area contributed by atoms with E-state index >= 15 is 0 Å². The molecule has 2 heterocycles. The Labute approximate surface area is 230 Å². The molecule has 1 aliphatic rings. The third kappa shape index (κ3) is 4.71. The van der Waals surface area contributed by atoms with E-state index in [9.17, 15) is 4.79 Å². The van der Waals surface area contributed by atoms with Crippen LogP contribution in [0.3, 0.4) is 0 Å². The molecule has 5 aromatic rings. The molecular formula is C32H25BrN4O. The van der Waals surface area contributed by atoms with Gasteiger partial charge < -0.3 is 0 Å². The van der Waals surface area contributed by atoms with Crippen molar-refractivity contribution >= 4 is 27.5 Å². The van der Waals surface area contributed by atoms with Crippen molar-refractivity contribution in [3.05, 3.63) is 142 Å². The third-order valence-electron chi connectivity index (χ3n) is 6.76. The molecule has 1 aliphatic heterocycles. The van der Waals surface area contributed by atoms with Gasteiger partial charge >= 0.3 is 0 Å². The molecule has 4 aromatic carbocycles. The van der Waals surface area contributed by atoms with Crippen LogP contribution in [0.15, 0.2) is 125 Å². The third-order valence-corrected chi connectivity index (χ3v) is 7.29. The van der Waals surface area contributed by atoms with E-state index in [0.29, 0.717) is 12.0 Å². The van der Waals surface area contributed by atoms with Crippen LogP contribution >= 0.6 is 15.9 Å². The number of hydrazone groups is 1. The molecule has 0 spiro atoms. The van der Waals surface area contributed by atoms with Crippen LogP contribution in [0.2, 0.25) is 0 Å². The first-order valence-corrected chi connectivity index (χ1v) is 13.3. The minimum Gasteiger partial charge on any atom is -0.267 e. The maximum Gasteiger partial charge on any atom is 0.274 e. The molecule has 0 N–H and O–H groups in total. The minimum atomic E-state index is -0.310. The van der Waals surface area contributed by atoms with Crippen molar-refractivity contribution in [1.82, 2.24) is 14.8 Å². The molecule has 0 saturated heterocycles. The van der Waals surface area contributed by atoms with Gasteiger partial charge in [-0.05, 0) is 48.9 Å². The summed E-state index contributed by atoms with van der Waals surface area (Å²) in [6.45, 7) is 2.01. The summed E-state index contributed by atoms with van der Waals surface area (Å²) in [6, 6.07) is 35.6. The molecule has 186 valence electrons. The van der Waals surface area contributed by atoms with Crippen LogP contribution in [0.4, 0.5) is 0 Å². The first kappa shape index (κ1) is 24.1. The standard InChI is InChI=1S/C32H25BrN4O/c1-22-12-14-25(15-13-22)32(38)37-30(20-29(34-37)23-16-18-26(33)19-17-23)28-21-36(27-10-6-3-7-11-27)35-31(28)24-8-4-2-5-9-24/h2-19,21,30H,20H2,1H3. The molecule has 0 bridgehead atoms. The highest BCUT2D eigenvalue weighted by Crippen LogP contribution is 2.39. The highest BCUT2D eigenvalue weighted by molar-refractivity contribution is 9.10. The Morgan fingerprint density at radius 1 is 0.816 bits per heavy atom. The molecule has 1 atom stereocenters. The van der Waals surface area contributed by atoms with Gasteiger partial charge in [0.2, 0.25) is 0 Å². The molecule has 0 radical (unpaired) electrons. The second-order valence-corrected chi connectivity index (χ2v) is 10.3. The van der Waals surface area contributed by atoms with Crippen molar-refractivity contribution in [2.24, 2.45) is 5.10 Å². The zero-order chi connectivity index (χ0) is 26.1. The Hall–Kier alpha value is -4.29. The molecule has 1 aromatic heterocycles. The molecule has 0 fully saturated rings. The van der Waals surface area contributed by atoms with Crippen molar-refractivity contribution < 1.29 is 4.79 Å². The van der Waals surface area contributed by atoms with Gasteiger partial charge in [0.15, 0.2) is 0 Å². The summed E-state index contributed by atoms with van der Waals surface area (Å²) < 4.78 is 2.89. The first-order valence-electron chi connectivity index (χ1n) is 12.5. The van der Waals surface area contributed by atoms with Crippen LogP contribution in [0.1, 0.15) is 39.5 Å². The predicted molar refractivity (Wildman–Crippen MR) is 154 cm³/mol. The van der Waals surface area contributed by atoms with Crippen molar-refractivity contribution in [2.45, 2.75) is 19.4 Å². The van der Waals surface area contributed by atoms with Gasteiger partial charge in [-0.1, -0.05) is 94.3 Å². The number of carbonyl (C=O) groups excluding carboxylic acids is 1. The quantitative estimate of drug-likeness (QED) is 0.222. The summed E-state index contributed by atoms with van der Waals surface area (Å²) in [5, 5.41) is 11.6. The molecular weight excluding hydrogens is 536 g/mol. The average Bonchev–Trinajstić information content (AvgIpc) is 3.60. The Morgan fingerprint density at radius 3 is 2.16 bits per heavy atom. The van der Waals surface area contributed by atoms with Crippen LogP contribution < -0.4 is 0 Å². The molecule has 0 aliphatic carbocycles. The van der Waals surface area contributed by atoms with Crippen molar-refractivity contribution in [3.63, 3.8) is 0 Å². The molecule has 5 nitrogen and oxygen atoms in total. The SMILES string of the molecule is Cc1ccc(C(=O)N2N=C(c3ccc(Br)cc3)CC2c2cn(-c3ccccc3)nc2-c2ccccc2)cc1. The predicted octanol–water partition coefficient (Wildman–Crippen LogP) is 7.60. The fraction of sp³-hybridized carbons (Fsp3) is 0.0938. The molecule has 6 heteroatoms. The molecule has 38 heavy (non-hydrogen) atoms. The van der Waals surface area contributed by atoms with E-state index < -0.39 is 0 Å². The minimum absolute atomic E-state index is 0.131. The Bertz CT molecular complexity index is 1610. The van der Waals surface area contributed by atoms with Gasteiger partial charge in [0, 0.05) is 33.8 Å². The van der Waals surface area contributed by atoms with Gasteiger partial charge in [0.25, 0.3) is 5.91 Å². The number of para-hydroxylation sites is 1. The Morgan fingerprint density at radius 2 is 1.47 bits per heavy atom. The number of halogens is 1. The van der Waals surface area contributed by atoms with Gasteiger partial charge in [-0.15, -0.1) is 0 Å². The summed E-state index contributed by atoms with van der Waals surface area (Å²) in [7, 11) is 0. The van der Waals surface area contributed by atoms with E-state index in [1.165, 1.54) is 0 Å². The highest BCUT2D eigenvalue weighted by Gasteiger charge is 2.36. The lowest BCUT2D eigenvalue weighted by molar-refractivity contribution is 0.0711. The van der Waals surface area contributed by atoms with E-state index in [1.807, 2.05) is 115 Å². The van der Waals surface area contributed by atoms with Crippen LogP contribution in [0, 0.1) is 6.92 Å². The molecule has 1 unspecified atom stereocenters. The average molecular weight is 561 g/mol. The summed E-state index contributed by atoms with van der Waals surface area (Å²) >= 11 is 3.52. The van der Waals surface area contributed by atoms with Crippen molar-refractivity contribution in [1.29, 1.82) is 0 Å². The van der Waals surface area contributed by atoms with E-state index in [-0.39, 0.29) is 11.9 Å². The zero-order valence-corrected chi connectivity index (χ0v) is 22.4. The van der Waals surface area contributed by atoms with E-state index in [2.05, 4.69) is 28.1 Å². The number of nitrogens with zero attached hydrogens (tertiary/aromatic N) is 4. The van der Waals surface area contributed by atoms with E-state index in [0.717, 1.165) is 43.8 Å². The number of aryl methyl sites for hydroxylation is 1. The summed E-state index contributed by atoms with van der Waals surface area (Å²) in [4.78, 5) is 13.9. The highest BCUT2D eigenvalue weighted by atomic mass is 79.9. The maximum absolute atomic E-state index is 13.9. The second kappa shape index (κ2) is 10.2. The lowest BCUT2D eigenvalue weighted by Crippen LogP contribution is -2.27. The molecule has 0 saturated carbocycles. The first-order chi connectivity index (χ1) is 18.6. The molecule has 6 rings (SSSR count). The second-order valence-electron chi connectivity index (χ2n) is 9.37. The zero-order valence-electron chi connectivity index (χ0n) is 20.8. The number of carbonyl (C=O) groups is 1. The van der Waals surface area contributed by atoms with Gasteiger partial charge in [0.1, 0.15) is 0 Å². The van der Waals surface area contributed by atoms with E-state index in [1.54, 1.807) is 5.01 Å². The Balaban J connectivity index is 1.48. The van der Waals surface area contributed by atoms with E-state index in [4.69, 9.17) is 10.2 Å². The topological polar surface area (TPSA) is 50.5 Å². The van der Waals surface area contributed by atoms with Crippen LogP contribution in [0.5, 0.6) is 0 Å². The summed E-state index contributed by atoms with van der Waals surface area (Å²) in [5.74, 6) is -0.131. The maximum atomic E-state index is 13.9. The number of hydrogen-bond acceptors (Lipinski definition) is 3. The monoisotopic (exact) mass is 560 g/mol. The largest absolute Gasteiger partial charge is 0.274 e. The summed E-state index contributed by atoms with van der Waals surface area (Å²) in [5.41, 5.74) is 7.33. The van der Waals surface area contributed by atoms with Gasteiger partial charge in [0.05, 0.1) is 23.1 Å². The number of aromatic nitrogens is 2. The van der Waals surface area contributed by atoms with Gasteiger partial charge in [-0.25, -0.2) is 9.69 Å². The van der Waals surface area contributed by atoms with Crippen molar-refractivity contribution in [3.8, 4) is 16.9 Å². The van der Waals surface area contributed by atoms with Crippen LogP contribution in [-0.2, 0) is 0 Å². The smallest absolute Gasteiger partial charge is 0.267 e. The van der Waals surface area contributed by atoms with Crippen molar-refractivity contribution in [2.75, 3.05) is 0 Å². The fourth-order valence-electron chi connectivity index (χ4n) is 4.75. The van der Waals surface area contributed by atoms with Gasteiger partial charge in [-0.3, -0.25) is 4.79 Å². The fourth-order valence-corrected chi connectivity index (χ4v) is 5.01.